The fourth-order valence-electron chi connectivity index (χ4n) is 2.41. The number of benzene rings is 2. The maximum atomic E-state index is 12.4. The molecule has 130 valence electrons. The predicted octanol–water partition coefficient (Wildman–Crippen LogP) is 3.27. The number of para-hydroxylation sites is 1. The Morgan fingerprint density at radius 3 is 2.23 bits per heavy atom. The van der Waals surface area contributed by atoms with E-state index in [2.05, 4.69) is 10.9 Å². The molecule has 0 unspecified atom stereocenters. The molecule has 6 heteroatoms. The van der Waals surface area contributed by atoms with E-state index in [-0.39, 0.29) is 29.0 Å². The molecule has 0 saturated heterocycles. The molecule has 0 bridgehead atoms. The fraction of sp³-hybridized carbons (Fsp3) is 0.0500. The van der Waals surface area contributed by atoms with E-state index in [4.69, 9.17) is 11.6 Å². The highest BCUT2D eigenvalue weighted by atomic mass is 35.5. The number of rotatable bonds is 6. The van der Waals surface area contributed by atoms with E-state index in [1.807, 2.05) is 36.4 Å². The zero-order valence-corrected chi connectivity index (χ0v) is 14.6. The number of Topliss-reactive ketones (excluding diaryl/α,β-unsaturated/α-hetero) is 1. The minimum Gasteiger partial charge on any atom is -0.298 e. The topological polar surface area (TPSA) is 62.1 Å². The number of pyridine rings is 1. The average molecular weight is 367 g/mol. The summed E-state index contributed by atoms with van der Waals surface area (Å²) in [6.45, 7) is 0.0517. The summed E-state index contributed by atoms with van der Waals surface area (Å²) < 4.78 is 1.55. The third kappa shape index (κ3) is 4.26. The first-order valence-corrected chi connectivity index (χ1v) is 8.40. The van der Waals surface area contributed by atoms with Gasteiger partial charge in [0.15, 0.2) is 6.20 Å². The van der Waals surface area contributed by atoms with Gasteiger partial charge in [-0.25, -0.2) is 0 Å². The van der Waals surface area contributed by atoms with Gasteiger partial charge in [0.25, 0.3) is 11.1 Å². The van der Waals surface area contributed by atoms with Crippen molar-refractivity contribution in [2.45, 2.75) is 6.54 Å². The summed E-state index contributed by atoms with van der Waals surface area (Å²) in [6.07, 6.45) is 1.67. The SMILES string of the molecule is O=C(C[n+]1cccc(C(=O)NNc2ccccc2)c1Cl)c1ccccc1. The number of nitrogens with one attached hydrogen (secondary N) is 2. The van der Waals surface area contributed by atoms with Crippen molar-refractivity contribution in [3.05, 3.63) is 95.3 Å². The lowest BCUT2D eigenvalue weighted by Crippen LogP contribution is -2.41. The standard InChI is InChI=1S/C20H16ClN3O2/c21-19-17(20(26)23-22-16-10-5-2-6-11-16)12-7-13-24(19)14-18(25)15-8-3-1-4-9-15/h1-13,22H,14H2/p+1. The lowest BCUT2D eigenvalue weighted by Gasteiger charge is -2.08. The van der Waals surface area contributed by atoms with Gasteiger partial charge in [-0.1, -0.05) is 48.5 Å². The highest BCUT2D eigenvalue weighted by molar-refractivity contribution is 6.31. The Bertz CT molecular complexity index is 915. The van der Waals surface area contributed by atoms with Crippen molar-refractivity contribution in [2.75, 3.05) is 5.43 Å². The van der Waals surface area contributed by atoms with Crippen LogP contribution in [-0.2, 0) is 6.54 Å². The molecule has 2 N–H and O–H groups in total. The highest BCUT2D eigenvalue weighted by Gasteiger charge is 2.22. The first-order valence-electron chi connectivity index (χ1n) is 8.03. The van der Waals surface area contributed by atoms with Crippen LogP contribution in [0.25, 0.3) is 0 Å². The van der Waals surface area contributed by atoms with Crippen molar-refractivity contribution in [1.29, 1.82) is 0 Å². The van der Waals surface area contributed by atoms with Crippen molar-refractivity contribution in [2.24, 2.45) is 0 Å². The molecule has 0 saturated carbocycles. The van der Waals surface area contributed by atoms with Gasteiger partial charge >= 0.3 is 0 Å². The molecule has 0 aliphatic rings. The Morgan fingerprint density at radius 2 is 1.54 bits per heavy atom. The van der Waals surface area contributed by atoms with Crippen LogP contribution < -0.4 is 15.4 Å². The zero-order valence-electron chi connectivity index (χ0n) is 13.9. The number of anilines is 1. The van der Waals surface area contributed by atoms with Gasteiger partial charge in [-0.15, -0.1) is 0 Å². The monoisotopic (exact) mass is 366 g/mol. The van der Waals surface area contributed by atoms with Gasteiger partial charge in [0.1, 0.15) is 5.56 Å². The van der Waals surface area contributed by atoms with Crippen LogP contribution in [0.2, 0.25) is 5.15 Å². The van der Waals surface area contributed by atoms with Crippen LogP contribution in [0, 0.1) is 0 Å². The van der Waals surface area contributed by atoms with Gasteiger partial charge in [-0.05, 0) is 29.8 Å². The van der Waals surface area contributed by atoms with Crippen molar-refractivity contribution in [3.63, 3.8) is 0 Å². The number of aromatic nitrogens is 1. The van der Waals surface area contributed by atoms with E-state index >= 15 is 0 Å². The van der Waals surface area contributed by atoms with Crippen LogP contribution in [0.3, 0.4) is 0 Å². The smallest absolute Gasteiger partial charge is 0.288 e. The molecular weight excluding hydrogens is 350 g/mol. The number of hydrogen-bond donors (Lipinski definition) is 2. The molecule has 26 heavy (non-hydrogen) atoms. The number of hydrogen-bond acceptors (Lipinski definition) is 3. The third-order valence-electron chi connectivity index (χ3n) is 3.75. The van der Waals surface area contributed by atoms with Crippen LogP contribution in [-0.4, -0.2) is 11.7 Å². The molecule has 2 aromatic carbocycles. The van der Waals surface area contributed by atoms with E-state index in [1.54, 1.807) is 47.2 Å². The number of carbonyl (C=O) groups is 2. The summed E-state index contributed by atoms with van der Waals surface area (Å²) in [5.41, 5.74) is 7.04. The molecule has 5 nitrogen and oxygen atoms in total. The van der Waals surface area contributed by atoms with Crippen LogP contribution in [0.4, 0.5) is 5.69 Å². The van der Waals surface area contributed by atoms with Crippen molar-refractivity contribution < 1.29 is 14.2 Å². The maximum Gasteiger partial charge on any atom is 0.288 e. The molecule has 0 radical (unpaired) electrons. The lowest BCUT2D eigenvalue weighted by atomic mass is 10.1. The summed E-state index contributed by atoms with van der Waals surface area (Å²) in [5.74, 6) is -0.474. The Labute approximate surface area is 156 Å². The predicted molar refractivity (Wildman–Crippen MR) is 100.0 cm³/mol. The van der Waals surface area contributed by atoms with Gasteiger partial charge in [0.2, 0.25) is 12.3 Å². The van der Waals surface area contributed by atoms with Crippen molar-refractivity contribution in [1.82, 2.24) is 5.43 Å². The molecule has 1 amide bonds. The van der Waals surface area contributed by atoms with Gasteiger partial charge in [-0.3, -0.25) is 20.4 Å². The van der Waals surface area contributed by atoms with Crippen LogP contribution in [0.5, 0.6) is 0 Å². The Kier molecular flexibility index (Phi) is 5.61. The Balaban J connectivity index is 1.72. The average Bonchev–Trinajstić information content (AvgIpc) is 2.69. The number of carbonyl (C=O) groups excluding carboxylic acids is 2. The van der Waals surface area contributed by atoms with E-state index in [0.717, 1.165) is 5.69 Å². The molecule has 0 spiro atoms. The summed E-state index contributed by atoms with van der Waals surface area (Å²) in [4.78, 5) is 24.8. The second kappa shape index (κ2) is 8.27. The van der Waals surface area contributed by atoms with E-state index < -0.39 is 0 Å². The zero-order chi connectivity index (χ0) is 18.4. The maximum absolute atomic E-state index is 12.4. The van der Waals surface area contributed by atoms with Gasteiger partial charge < -0.3 is 0 Å². The molecule has 0 aliphatic heterocycles. The molecule has 1 heterocycles. The van der Waals surface area contributed by atoms with Gasteiger partial charge in [0, 0.05) is 11.6 Å². The first-order chi connectivity index (χ1) is 12.6. The molecular formula is C20H17ClN3O2+. The van der Waals surface area contributed by atoms with Gasteiger partial charge in [-0.2, -0.15) is 4.57 Å². The molecule has 0 atom stereocenters. The van der Waals surface area contributed by atoms with E-state index in [1.165, 1.54) is 0 Å². The first kappa shape index (κ1) is 17.6. The Hall–Kier alpha value is -3.18. The largest absolute Gasteiger partial charge is 0.298 e. The minimum absolute atomic E-state index is 0.0517. The minimum atomic E-state index is -0.389. The fourth-order valence-corrected chi connectivity index (χ4v) is 2.68. The summed E-state index contributed by atoms with van der Waals surface area (Å²) in [5, 5.41) is 0.198. The van der Waals surface area contributed by atoms with E-state index in [0.29, 0.717) is 5.56 Å². The van der Waals surface area contributed by atoms with Crippen molar-refractivity contribution in [3.8, 4) is 0 Å². The molecule has 1 aromatic heterocycles. The second-order valence-electron chi connectivity index (χ2n) is 5.57. The summed E-state index contributed by atoms with van der Waals surface area (Å²) in [6, 6.07) is 21.5. The molecule has 0 fully saturated rings. The molecule has 3 rings (SSSR count). The number of ketones is 1. The third-order valence-corrected chi connectivity index (χ3v) is 4.17. The summed E-state index contributed by atoms with van der Waals surface area (Å²) >= 11 is 6.34. The molecule has 0 aliphatic carbocycles. The van der Waals surface area contributed by atoms with Crippen LogP contribution >= 0.6 is 11.6 Å². The van der Waals surface area contributed by atoms with Gasteiger partial charge in [0.05, 0.1) is 5.69 Å². The van der Waals surface area contributed by atoms with E-state index in [9.17, 15) is 9.59 Å². The number of hydrazine groups is 1. The number of amides is 1. The lowest BCUT2D eigenvalue weighted by molar-refractivity contribution is -0.681. The Morgan fingerprint density at radius 1 is 0.885 bits per heavy atom. The summed E-state index contributed by atoms with van der Waals surface area (Å²) in [7, 11) is 0. The molecule has 3 aromatic rings. The van der Waals surface area contributed by atoms with Crippen LogP contribution in [0.1, 0.15) is 20.7 Å². The highest BCUT2D eigenvalue weighted by Crippen LogP contribution is 2.11. The van der Waals surface area contributed by atoms with Crippen LogP contribution in [0.15, 0.2) is 79.0 Å². The number of halogens is 1. The number of nitrogens with zero attached hydrogens (tertiary/aromatic N) is 1. The van der Waals surface area contributed by atoms with Crippen molar-refractivity contribution >= 4 is 29.0 Å². The second-order valence-corrected chi connectivity index (χ2v) is 5.93. The quantitative estimate of drug-likeness (QED) is 0.304. The normalized spacial score (nSPS) is 10.2.